The normalized spacial score (nSPS) is 15.1. The lowest BCUT2D eigenvalue weighted by molar-refractivity contribution is -0.118. The minimum atomic E-state index is -0.341. The van der Waals surface area contributed by atoms with Crippen molar-refractivity contribution in [3.05, 3.63) is 57.2 Å². The first kappa shape index (κ1) is 21.3. The summed E-state index contributed by atoms with van der Waals surface area (Å²) in [5, 5.41) is 9.66. The summed E-state index contributed by atoms with van der Waals surface area (Å²) in [6.07, 6.45) is 1.60. The number of ether oxygens (including phenoxy) is 2. The molecule has 0 saturated heterocycles. The summed E-state index contributed by atoms with van der Waals surface area (Å²) < 4.78 is 14.4. The van der Waals surface area contributed by atoms with Gasteiger partial charge < -0.3 is 14.8 Å². The highest BCUT2D eigenvalue weighted by Gasteiger charge is 2.29. The number of hydrogen-bond acceptors (Lipinski definition) is 6. The van der Waals surface area contributed by atoms with E-state index in [0.717, 1.165) is 10.0 Å². The smallest absolute Gasteiger partial charge is 0.262 e. The molecular formula is C20H17Br2N5O4. The lowest BCUT2D eigenvalue weighted by Gasteiger charge is -2.25. The highest BCUT2D eigenvalue weighted by atomic mass is 79.9. The largest absolute Gasteiger partial charge is 0.493 e. The third-order valence-corrected chi connectivity index (χ3v) is 5.73. The summed E-state index contributed by atoms with van der Waals surface area (Å²) in [7, 11) is 1.51. The number of amides is 2. The van der Waals surface area contributed by atoms with Crippen molar-refractivity contribution in [3.63, 3.8) is 0 Å². The van der Waals surface area contributed by atoms with Crippen LogP contribution in [0.4, 0.5) is 11.6 Å². The summed E-state index contributed by atoms with van der Waals surface area (Å²) in [6.45, 7) is -0.205. The monoisotopic (exact) mass is 549 g/mol. The molecule has 2 heterocycles. The fourth-order valence-corrected chi connectivity index (χ4v) is 4.04. The second-order valence-electron chi connectivity index (χ2n) is 6.67. The second kappa shape index (κ2) is 9.06. The predicted octanol–water partition coefficient (Wildman–Crippen LogP) is 3.76. The Labute approximate surface area is 194 Å². The fourth-order valence-electron chi connectivity index (χ4n) is 3.20. The van der Waals surface area contributed by atoms with Crippen molar-refractivity contribution in [1.29, 1.82) is 0 Å². The van der Waals surface area contributed by atoms with Crippen molar-refractivity contribution >= 4 is 55.3 Å². The molecule has 0 fully saturated rings. The van der Waals surface area contributed by atoms with Crippen LogP contribution >= 0.6 is 31.9 Å². The highest BCUT2D eigenvalue weighted by molar-refractivity contribution is 9.10. The quantitative estimate of drug-likeness (QED) is 0.484. The molecule has 31 heavy (non-hydrogen) atoms. The zero-order valence-electron chi connectivity index (χ0n) is 16.3. The van der Waals surface area contributed by atoms with Crippen LogP contribution in [0.15, 0.2) is 51.7 Å². The van der Waals surface area contributed by atoms with Crippen LogP contribution in [-0.2, 0) is 9.59 Å². The Morgan fingerprint density at radius 3 is 2.81 bits per heavy atom. The van der Waals surface area contributed by atoms with Crippen molar-refractivity contribution in [3.8, 4) is 11.5 Å². The molecule has 2 aromatic carbocycles. The van der Waals surface area contributed by atoms with Gasteiger partial charge in [0.1, 0.15) is 6.33 Å². The number of carbonyl (C=O) groups excluding carboxylic acids is 2. The van der Waals surface area contributed by atoms with Gasteiger partial charge >= 0.3 is 0 Å². The number of hydrogen-bond donors (Lipinski definition) is 2. The molecule has 160 valence electrons. The van der Waals surface area contributed by atoms with Gasteiger partial charge in [-0.25, -0.2) is 4.68 Å². The first-order valence-electron chi connectivity index (χ1n) is 9.19. The highest BCUT2D eigenvalue weighted by Crippen LogP contribution is 2.40. The number of benzene rings is 2. The number of carbonyl (C=O) groups is 2. The van der Waals surface area contributed by atoms with Crippen LogP contribution in [0.1, 0.15) is 18.0 Å². The molecule has 0 radical (unpaired) electrons. The van der Waals surface area contributed by atoms with Gasteiger partial charge in [-0.1, -0.05) is 15.9 Å². The van der Waals surface area contributed by atoms with E-state index in [-0.39, 0.29) is 30.9 Å². The molecule has 1 atom stereocenters. The average molecular weight is 551 g/mol. The Morgan fingerprint density at radius 1 is 1.29 bits per heavy atom. The lowest BCUT2D eigenvalue weighted by Crippen LogP contribution is -2.29. The number of methoxy groups -OCH3 is 1. The Bertz CT molecular complexity index is 1130. The standard InChI is InChI=1S/C20H17Br2N5O4/c1-30-16-7-11(15-8-17(28)26-20-23-10-24-27(15)20)6-14(22)19(16)31-9-18(29)25-13-4-2-12(21)3-5-13/h2-7,10,15H,8-9H2,1H3,(H,25,29)(H,23,24,26,28)/t15-/m0/s1. The molecule has 2 amide bonds. The van der Waals surface area contributed by atoms with E-state index in [1.54, 1.807) is 22.9 Å². The van der Waals surface area contributed by atoms with E-state index in [4.69, 9.17) is 9.47 Å². The number of nitrogens with zero attached hydrogens (tertiary/aromatic N) is 3. The number of aromatic nitrogens is 3. The summed E-state index contributed by atoms with van der Waals surface area (Å²) in [5.74, 6) is 0.744. The van der Waals surface area contributed by atoms with Crippen LogP contribution in [0.2, 0.25) is 0 Å². The number of anilines is 2. The average Bonchev–Trinajstić information content (AvgIpc) is 3.21. The van der Waals surface area contributed by atoms with Gasteiger partial charge in [-0.15, -0.1) is 0 Å². The van der Waals surface area contributed by atoms with Crippen molar-refractivity contribution in [1.82, 2.24) is 14.8 Å². The Morgan fingerprint density at radius 2 is 2.06 bits per heavy atom. The van der Waals surface area contributed by atoms with Gasteiger partial charge in [0.15, 0.2) is 18.1 Å². The van der Waals surface area contributed by atoms with Gasteiger partial charge in [-0.3, -0.25) is 14.9 Å². The van der Waals surface area contributed by atoms with E-state index >= 15 is 0 Å². The number of rotatable bonds is 6. The topological polar surface area (TPSA) is 107 Å². The van der Waals surface area contributed by atoms with E-state index in [9.17, 15) is 9.59 Å². The molecule has 0 spiro atoms. The summed E-state index contributed by atoms with van der Waals surface area (Å²) >= 11 is 6.84. The zero-order chi connectivity index (χ0) is 22.0. The van der Waals surface area contributed by atoms with Crippen LogP contribution in [0.3, 0.4) is 0 Å². The minimum absolute atomic E-state index is 0.148. The van der Waals surface area contributed by atoms with E-state index in [1.807, 2.05) is 18.2 Å². The SMILES string of the molecule is COc1cc([C@@H]2CC(=O)Nc3ncnn32)cc(Br)c1OCC(=O)Nc1ccc(Br)cc1. The molecule has 11 heteroatoms. The molecule has 0 aliphatic carbocycles. The number of halogens is 2. The number of fused-ring (bicyclic) bond motifs is 1. The van der Waals surface area contributed by atoms with Crippen molar-refractivity contribution in [2.75, 3.05) is 24.4 Å². The van der Waals surface area contributed by atoms with Crippen molar-refractivity contribution in [2.45, 2.75) is 12.5 Å². The fraction of sp³-hybridized carbons (Fsp3) is 0.200. The third kappa shape index (κ3) is 4.72. The molecule has 0 unspecified atom stereocenters. The molecule has 1 aliphatic heterocycles. The Kier molecular flexibility index (Phi) is 6.23. The molecule has 2 N–H and O–H groups in total. The van der Waals surface area contributed by atoms with E-state index in [1.165, 1.54) is 13.4 Å². The minimum Gasteiger partial charge on any atom is -0.493 e. The van der Waals surface area contributed by atoms with E-state index < -0.39 is 0 Å². The Balaban J connectivity index is 1.51. The number of nitrogens with one attached hydrogen (secondary N) is 2. The molecular weight excluding hydrogens is 534 g/mol. The maximum atomic E-state index is 12.3. The zero-order valence-corrected chi connectivity index (χ0v) is 19.4. The van der Waals surface area contributed by atoms with Gasteiger partial charge in [0.2, 0.25) is 11.9 Å². The van der Waals surface area contributed by atoms with Gasteiger partial charge in [-0.2, -0.15) is 10.1 Å². The van der Waals surface area contributed by atoms with Crippen molar-refractivity contribution in [2.24, 2.45) is 0 Å². The van der Waals surface area contributed by atoms with Gasteiger partial charge in [-0.05, 0) is 57.9 Å². The van der Waals surface area contributed by atoms with Crippen molar-refractivity contribution < 1.29 is 19.1 Å². The van der Waals surface area contributed by atoms with Gasteiger partial charge in [0, 0.05) is 10.2 Å². The lowest BCUT2D eigenvalue weighted by atomic mass is 10.0. The molecule has 3 aromatic rings. The molecule has 0 bridgehead atoms. The predicted molar refractivity (Wildman–Crippen MR) is 120 cm³/mol. The molecule has 0 saturated carbocycles. The molecule has 1 aliphatic rings. The summed E-state index contributed by atoms with van der Waals surface area (Å²) in [4.78, 5) is 28.4. The molecule has 1 aromatic heterocycles. The summed E-state index contributed by atoms with van der Waals surface area (Å²) in [5.41, 5.74) is 1.45. The Hall–Kier alpha value is -2.92. The van der Waals surface area contributed by atoms with E-state index in [2.05, 4.69) is 52.6 Å². The van der Waals surface area contributed by atoms with Gasteiger partial charge in [0.05, 0.1) is 24.0 Å². The van der Waals surface area contributed by atoms with Crippen LogP contribution in [-0.4, -0.2) is 40.3 Å². The van der Waals surface area contributed by atoms with E-state index in [0.29, 0.717) is 27.6 Å². The summed E-state index contributed by atoms with van der Waals surface area (Å²) in [6, 6.07) is 10.5. The molecule has 4 rings (SSSR count). The van der Waals surface area contributed by atoms with Gasteiger partial charge in [0.25, 0.3) is 5.91 Å². The molecule has 9 nitrogen and oxygen atoms in total. The maximum Gasteiger partial charge on any atom is 0.262 e. The van der Waals surface area contributed by atoms with Crippen LogP contribution < -0.4 is 20.1 Å². The second-order valence-corrected chi connectivity index (χ2v) is 8.44. The van der Waals surface area contributed by atoms with Crippen LogP contribution in [0, 0.1) is 0 Å². The van der Waals surface area contributed by atoms with Crippen LogP contribution in [0.25, 0.3) is 0 Å². The van der Waals surface area contributed by atoms with Crippen LogP contribution in [0.5, 0.6) is 11.5 Å². The third-order valence-electron chi connectivity index (χ3n) is 4.61. The first-order valence-corrected chi connectivity index (χ1v) is 10.8. The first-order chi connectivity index (χ1) is 14.9. The maximum absolute atomic E-state index is 12.3.